The van der Waals surface area contributed by atoms with Gasteiger partial charge in [-0.25, -0.2) is 0 Å². The molecule has 1 atom stereocenters. The summed E-state index contributed by atoms with van der Waals surface area (Å²) in [5.74, 6) is 1.08. The standard InChI is InChI=1S/C25H47N3O3/c1-2-26-25(27-16-8-4-9-19-29-22-11-5-3-6-12-22)28-17-14-23(15-18-28)31-21-24-13-7-10-20-30-24/h22-24H,2-21H2,1H3,(H,26,27). The molecule has 3 rings (SSSR count). The van der Waals surface area contributed by atoms with Gasteiger partial charge in [-0.2, -0.15) is 0 Å². The van der Waals surface area contributed by atoms with Crippen LogP contribution in [0, 0.1) is 0 Å². The topological polar surface area (TPSA) is 55.3 Å². The van der Waals surface area contributed by atoms with Gasteiger partial charge in [0.1, 0.15) is 0 Å². The summed E-state index contributed by atoms with van der Waals surface area (Å²) in [4.78, 5) is 7.31. The molecule has 180 valence electrons. The zero-order valence-electron chi connectivity index (χ0n) is 20.0. The van der Waals surface area contributed by atoms with Gasteiger partial charge in [0, 0.05) is 39.4 Å². The second kappa shape index (κ2) is 15.1. The molecule has 6 nitrogen and oxygen atoms in total. The fourth-order valence-electron chi connectivity index (χ4n) is 4.90. The number of guanidine groups is 1. The molecule has 0 radical (unpaired) electrons. The Hall–Kier alpha value is -0.850. The van der Waals surface area contributed by atoms with Crippen molar-refractivity contribution in [2.24, 2.45) is 4.99 Å². The SMILES string of the molecule is CCNC(=NCCCCCOC1CCCCC1)N1CCC(OCC2CCCCO2)CC1. The highest BCUT2D eigenvalue weighted by atomic mass is 16.5. The number of aliphatic imine (C=N–C) groups is 1. The van der Waals surface area contributed by atoms with Crippen LogP contribution in [0.4, 0.5) is 0 Å². The van der Waals surface area contributed by atoms with E-state index >= 15 is 0 Å². The first-order valence-electron chi connectivity index (χ1n) is 13.2. The second-order valence-corrected chi connectivity index (χ2v) is 9.44. The van der Waals surface area contributed by atoms with Crippen molar-refractivity contribution in [3.63, 3.8) is 0 Å². The minimum absolute atomic E-state index is 0.318. The van der Waals surface area contributed by atoms with Gasteiger partial charge in [0.25, 0.3) is 0 Å². The van der Waals surface area contributed by atoms with E-state index in [1.165, 1.54) is 51.4 Å². The maximum absolute atomic E-state index is 6.17. The summed E-state index contributed by atoms with van der Waals surface area (Å²) in [6, 6.07) is 0. The van der Waals surface area contributed by atoms with Crippen molar-refractivity contribution in [1.82, 2.24) is 10.2 Å². The first-order valence-corrected chi connectivity index (χ1v) is 13.2. The fraction of sp³-hybridized carbons (Fsp3) is 0.960. The maximum atomic E-state index is 6.17. The smallest absolute Gasteiger partial charge is 0.193 e. The van der Waals surface area contributed by atoms with E-state index < -0.39 is 0 Å². The Balaban J connectivity index is 1.26. The Morgan fingerprint density at radius 2 is 1.68 bits per heavy atom. The van der Waals surface area contributed by atoms with Gasteiger partial charge in [0.2, 0.25) is 0 Å². The molecule has 6 heteroatoms. The molecule has 31 heavy (non-hydrogen) atoms. The molecule has 0 bridgehead atoms. The minimum atomic E-state index is 0.318. The summed E-state index contributed by atoms with van der Waals surface area (Å²) >= 11 is 0. The zero-order chi connectivity index (χ0) is 21.6. The third-order valence-corrected chi connectivity index (χ3v) is 6.84. The molecule has 0 aromatic heterocycles. The zero-order valence-corrected chi connectivity index (χ0v) is 20.0. The third kappa shape index (κ3) is 9.67. The fourth-order valence-corrected chi connectivity index (χ4v) is 4.90. The normalized spacial score (nSPS) is 24.5. The maximum Gasteiger partial charge on any atom is 0.193 e. The lowest BCUT2D eigenvalue weighted by Gasteiger charge is -2.35. The van der Waals surface area contributed by atoms with Gasteiger partial charge in [-0.3, -0.25) is 4.99 Å². The summed E-state index contributed by atoms with van der Waals surface area (Å²) < 4.78 is 18.0. The summed E-state index contributed by atoms with van der Waals surface area (Å²) in [7, 11) is 0. The number of piperidine rings is 1. The molecule has 2 saturated heterocycles. The molecular weight excluding hydrogens is 390 g/mol. The molecule has 3 fully saturated rings. The summed E-state index contributed by atoms with van der Waals surface area (Å²) in [6.07, 6.45) is 17.2. The van der Waals surface area contributed by atoms with Gasteiger partial charge in [-0.1, -0.05) is 19.3 Å². The van der Waals surface area contributed by atoms with E-state index in [4.69, 9.17) is 19.2 Å². The Kier molecular flexibility index (Phi) is 12.0. The monoisotopic (exact) mass is 437 g/mol. The van der Waals surface area contributed by atoms with Crippen molar-refractivity contribution in [3.8, 4) is 0 Å². The van der Waals surface area contributed by atoms with Gasteiger partial charge in [0.15, 0.2) is 5.96 Å². The second-order valence-electron chi connectivity index (χ2n) is 9.44. The van der Waals surface area contributed by atoms with Crippen LogP contribution in [0.15, 0.2) is 4.99 Å². The molecule has 1 aliphatic carbocycles. The van der Waals surface area contributed by atoms with Crippen LogP contribution in [-0.4, -0.2) is 75.2 Å². The highest BCUT2D eigenvalue weighted by Gasteiger charge is 2.23. The van der Waals surface area contributed by atoms with E-state index in [2.05, 4.69) is 17.1 Å². The Labute approximate surface area is 190 Å². The molecule has 1 saturated carbocycles. The molecule has 1 unspecified atom stereocenters. The first kappa shape index (κ1) is 24.8. The molecule has 0 aromatic carbocycles. The van der Waals surface area contributed by atoms with E-state index in [1.54, 1.807) is 0 Å². The largest absolute Gasteiger partial charge is 0.378 e. The van der Waals surface area contributed by atoms with E-state index in [0.29, 0.717) is 18.3 Å². The average molecular weight is 438 g/mol. The molecule has 0 spiro atoms. The summed E-state index contributed by atoms with van der Waals surface area (Å²) in [6.45, 7) is 8.62. The van der Waals surface area contributed by atoms with Crippen LogP contribution in [-0.2, 0) is 14.2 Å². The number of nitrogens with zero attached hydrogens (tertiary/aromatic N) is 2. The van der Waals surface area contributed by atoms with Crippen LogP contribution in [0.1, 0.15) is 90.4 Å². The Morgan fingerprint density at radius 3 is 2.42 bits per heavy atom. The predicted octanol–water partition coefficient (Wildman–Crippen LogP) is 4.52. The summed E-state index contributed by atoms with van der Waals surface area (Å²) in [5, 5.41) is 3.49. The van der Waals surface area contributed by atoms with Crippen molar-refractivity contribution in [1.29, 1.82) is 0 Å². The molecular formula is C25H47N3O3. The molecule has 0 amide bonds. The van der Waals surface area contributed by atoms with Gasteiger partial charge in [-0.05, 0) is 71.1 Å². The van der Waals surface area contributed by atoms with Gasteiger partial charge in [-0.15, -0.1) is 0 Å². The number of rotatable bonds is 11. The number of ether oxygens (including phenoxy) is 3. The van der Waals surface area contributed by atoms with Gasteiger partial charge in [0.05, 0.1) is 24.9 Å². The quantitative estimate of drug-likeness (QED) is 0.293. The first-order chi connectivity index (χ1) is 15.3. The van der Waals surface area contributed by atoms with E-state index in [0.717, 1.165) is 84.1 Å². The van der Waals surface area contributed by atoms with E-state index in [-0.39, 0.29) is 0 Å². The molecule has 3 aliphatic rings. The number of likely N-dealkylation sites (tertiary alicyclic amines) is 1. The van der Waals surface area contributed by atoms with Gasteiger partial charge < -0.3 is 24.4 Å². The summed E-state index contributed by atoms with van der Waals surface area (Å²) in [5.41, 5.74) is 0. The lowest BCUT2D eigenvalue weighted by molar-refractivity contribution is -0.0721. The molecule has 1 N–H and O–H groups in total. The lowest BCUT2D eigenvalue weighted by atomic mass is 9.98. The molecule has 0 aromatic rings. The Bertz CT molecular complexity index is 482. The van der Waals surface area contributed by atoms with Crippen LogP contribution in [0.25, 0.3) is 0 Å². The number of unbranched alkanes of at least 4 members (excludes halogenated alkanes) is 2. The highest BCUT2D eigenvalue weighted by Crippen LogP contribution is 2.21. The van der Waals surface area contributed by atoms with Crippen molar-refractivity contribution in [2.45, 2.75) is 109 Å². The van der Waals surface area contributed by atoms with Crippen LogP contribution >= 0.6 is 0 Å². The minimum Gasteiger partial charge on any atom is -0.378 e. The van der Waals surface area contributed by atoms with Crippen molar-refractivity contribution in [2.75, 3.05) is 46.0 Å². The van der Waals surface area contributed by atoms with Crippen LogP contribution < -0.4 is 5.32 Å². The van der Waals surface area contributed by atoms with Gasteiger partial charge >= 0.3 is 0 Å². The number of hydrogen-bond donors (Lipinski definition) is 1. The van der Waals surface area contributed by atoms with Crippen LogP contribution in [0.3, 0.4) is 0 Å². The van der Waals surface area contributed by atoms with Crippen LogP contribution in [0.2, 0.25) is 0 Å². The average Bonchev–Trinajstić information content (AvgIpc) is 2.83. The lowest BCUT2D eigenvalue weighted by Crippen LogP contribution is -2.47. The third-order valence-electron chi connectivity index (χ3n) is 6.84. The Morgan fingerprint density at radius 1 is 0.903 bits per heavy atom. The van der Waals surface area contributed by atoms with E-state index in [1.807, 2.05) is 0 Å². The van der Waals surface area contributed by atoms with Crippen molar-refractivity contribution < 1.29 is 14.2 Å². The van der Waals surface area contributed by atoms with Crippen LogP contribution in [0.5, 0.6) is 0 Å². The molecule has 2 heterocycles. The predicted molar refractivity (Wildman–Crippen MR) is 127 cm³/mol. The van der Waals surface area contributed by atoms with Crippen molar-refractivity contribution in [3.05, 3.63) is 0 Å². The number of hydrogen-bond acceptors (Lipinski definition) is 4. The van der Waals surface area contributed by atoms with E-state index in [9.17, 15) is 0 Å². The highest BCUT2D eigenvalue weighted by molar-refractivity contribution is 5.80. The van der Waals surface area contributed by atoms with Crippen molar-refractivity contribution >= 4 is 5.96 Å². The number of nitrogens with one attached hydrogen (secondary N) is 1. The molecule has 2 aliphatic heterocycles.